The van der Waals surface area contributed by atoms with Crippen LogP contribution < -0.4 is 25.2 Å². The van der Waals surface area contributed by atoms with Crippen LogP contribution in [0.1, 0.15) is 30.5 Å². The zero-order valence-electron chi connectivity index (χ0n) is 15.9. The summed E-state index contributed by atoms with van der Waals surface area (Å²) in [4.78, 5) is 31.7. The second-order valence-electron chi connectivity index (χ2n) is 7.13. The number of hydrogen-bond acceptors (Lipinski definition) is 6. The average Bonchev–Trinajstić information content (AvgIpc) is 3.17. The number of aryl methyl sites for hydroxylation is 1. The Kier molecular flexibility index (Phi) is 5.18. The summed E-state index contributed by atoms with van der Waals surface area (Å²) >= 11 is 0. The van der Waals surface area contributed by atoms with Crippen LogP contribution in [-0.4, -0.2) is 35.3 Å². The first-order chi connectivity index (χ1) is 13.6. The van der Waals surface area contributed by atoms with E-state index in [1.54, 1.807) is 6.92 Å². The highest BCUT2D eigenvalue weighted by molar-refractivity contribution is 5.76. The number of nitrogens with zero attached hydrogens (tertiary/aromatic N) is 3. The number of carbonyl (C=O) groups is 1. The highest BCUT2D eigenvalue weighted by atomic mass is 16.7. The number of amides is 1. The molecule has 0 radical (unpaired) electrons. The lowest BCUT2D eigenvalue weighted by Crippen LogP contribution is -2.39. The van der Waals surface area contributed by atoms with Gasteiger partial charge in [0.2, 0.25) is 18.6 Å². The summed E-state index contributed by atoms with van der Waals surface area (Å²) in [5, 5.41) is 2.87. The molecule has 1 amide bonds. The molecule has 1 aromatic heterocycles. The Morgan fingerprint density at radius 2 is 1.93 bits per heavy atom. The molecule has 3 heterocycles. The Hall–Kier alpha value is -3.03. The van der Waals surface area contributed by atoms with Crippen molar-refractivity contribution in [3.8, 4) is 11.5 Å². The minimum Gasteiger partial charge on any atom is -0.454 e. The van der Waals surface area contributed by atoms with Crippen molar-refractivity contribution in [2.24, 2.45) is 0 Å². The Balaban J connectivity index is 1.46. The monoisotopic (exact) mass is 384 g/mol. The summed E-state index contributed by atoms with van der Waals surface area (Å²) in [5.41, 5.74) is 1.37. The lowest BCUT2D eigenvalue weighted by Gasteiger charge is -2.29. The van der Waals surface area contributed by atoms with Gasteiger partial charge >= 0.3 is 0 Å². The van der Waals surface area contributed by atoms with Gasteiger partial charge in [0.15, 0.2) is 11.5 Å². The van der Waals surface area contributed by atoms with Crippen LogP contribution in [0.25, 0.3) is 0 Å². The second-order valence-corrected chi connectivity index (χ2v) is 7.13. The van der Waals surface area contributed by atoms with E-state index in [1.165, 1.54) is 17.1 Å². The number of fused-ring (bicyclic) bond motifs is 1. The highest BCUT2D eigenvalue weighted by Gasteiger charge is 2.19. The summed E-state index contributed by atoms with van der Waals surface area (Å²) in [7, 11) is 0. The fourth-order valence-corrected chi connectivity index (χ4v) is 3.54. The van der Waals surface area contributed by atoms with Gasteiger partial charge < -0.3 is 19.7 Å². The quantitative estimate of drug-likeness (QED) is 0.843. The van der Waals surface area contributed by atoms with Crippen LogP contribution in [0, 0.1) is 6.92 Å². The number of piperidine rings is 1. The SMILES string of the molecule is Cc1cc(=O)n(CC(=O)NCc2ccc3c(c2)OCO3)c(N2CCCCC2)n1. The van der Waals surface area contributed by atoms with E-state index in [2.05, 4.69) is 15.2 Å². The van der Waals surface area contributed by atoms with Crippen molar-refractivity contribution in [3.05, 3.63) is 45.9 Å². The molecule has 1 aromatic carbocycles. The van der Waals surface area contributed by atoms with Gasteiger partial charge in [0.05, 0.1) is 0 Å². The second kappa shape index (κ2) is 7.92. The van der Waals surface area contributed by atoms with E-state index in [0.29, 0.717) is 29.7 Å². The minimum atomic E-state index is -0.233. The molecule has 2 aromatic rings. The van der Waals surface area contributed by atoms with Gasteiger partial charge in [0, 0.05) is 31.4 Å². The van der Waals surface area contributed by atoms with Crippen LogP contribution >= 0.6 is 0 Å². The van der Waals surface area contributed by atoms with Gasteiger partial charge in [-0.05, 0) is 43.9 Å². The standard InChI is InChI=1S/C20H24N4O4/c1-14-9-19(26)24(20(22-14)23-7-3-2-4-8-23)12-18(25)21-11-15-5-6-16-17(10-15)28-13-27-16/h5-6,9-10H,2-4,7-8,11-13H2,1H3,(H,21,25). The zero-order chi connectivity index (χ0) is 19.5. The van der Waals surface area contributed by atoms with Crippen molar-refractivity contribution in [1.29, 1.82) is 0 Å². The maximum absolute atomic E-state index is 12.5. The molecule has 8 nitrogen and oxygen atoms in total. The first kappa shape index (κ1) is 18.3. The Morgan fingerprint density at radius 3 is 2.75 bits per heavy atom. The smallest absolute Gasteiger partial charge is 0.255 e. The van der Waals surface area contributed by atoms with E-state index in [9.17, 15) is 9.59 Å². The lowest BCUT2D eigenvalue weighted by molar-refractivity contribution is -0.121. The molecular weight excluding hydrogens is 360 g/mol. The van der Waals surface area contributed by atoms with Crippen LogP contribution in [0.15, 0.2) is 29.1 Å². The van der Waals surface area contributed by atoms with E-state index in [1.807, 2.05) is 18.2 Å². The number of benzene rings is 1. The molecule has 28 heavy (non-hydrogen) atoms. The van der Waals surface area contributed by atoms with Gasteiger partial charge in [-0.3, -0.25) is 14.2 Å². The fourth-order valence-electron chi connectivity index (χ4n) is 3.54. The third-order valence-electron chi connectivity index (χ3n) is 4.98. The topological polar surface area (TPSA) is 85.7 Å². The number of carbonyl (C=O) groups excluding carboxylic acids is 1. The summed E-state index contributed by atoms with van der Waals surface area (Å²) in [6.07, 6.45) is 3.32. The summed E-state index contributed by atoms with van der Waals surface area (Å²) in [6.45, 7) is 4.03. The molecular formula is C20H24N4O4. The van der Waals surface area contributed by atoms with Crippen molar-refractivity contribution in [1.82, 2.24) is 14.9 Å². The Labute approximate surface area is 163 Å². The van der Waals surface area contributed by atoms with Gasteiger partial charge in [-0.2, -0.15) is 0 Å². The third kappa shape index (κ3) is 3.95. The van der Waals surface area contributed by atoms with E-state index in [-0.39, 0.29) is 24.8 Å². The number of hydrogen-bond donors (Lipinski definition) is 1. The number of aromatic nitrogens is 2. The lowest BCUT2D eigenvalue weighted by atomic mass is 10.1. The molecule has 0 aliphatic carbocycles. The first-order valence-electron chi connectivity index (χ1n) is 9.59. The van der Waals surface area contributed by atoms with E-state index in [0.717, 1.165) is 31.5 Å². The molecule has 1 N–H and O–H groups in total. The molecule has 1 saturated heterocycles. The Morgan fingerprint density at radius 1 is 1.14 bits per heavy atom. The number of anilines is 1. The Bertz CT molecular complexity index is 934. The van der Waals surface area contributed by atoms with Crippen molar-refractivity contribution >= 4 is 11.9 Å². The number of rotatable bonds is 5. The van der Waals surface area contributed by atoms with Gasteiger partial charge in [-0.25, -0.2) is 4.98 Å². The predicted molar refractivity (Wildman–Crippen MR) is 104 cm³/mol. The highest BCUT2D eigenvalue weighted by Crippen LogP contribution is 2.32. The van der Waals surface area contributed by atoms with Crippen molar-refractivity contribution in [2.75, 3.05) is 24.8 Å². The van der Waals surface area contributed by atoms with Crippen molar-refractivity contribution in [2.45, 2.75) is 39.3 Å². The summed E-state index contributed by atoms with van der Waals surface area (Å²) < 4.78 is 12.1. The zero-order valence-corrected chi connectivity index (χ0v) is 15.9. The number of nitrogens with one attached hydrogen (secondary N) is 1. The van der Waals surface area contributed by atoms with E-state index >= 15 is 0 Å². The maximum atomic E-state index is 12.5. The largest absolute Gasteiger partial charge is 0.454 e. The van der Waals surface area contributed by atoms with Gasteiger partial charge in [0.25, 0.3) is 5.56 Å². The maximum Gasteiger partial charge on any atom is 0.255 e. The minimum absolute atomic E-state index is 0.0531. The van der Waals surface area contributed by atoms with Crippen LogP contribution in [0.3, 0.4) is 0 Å². The average molecular weight is 384 g/mol. The van der Waals surface area contributed by atoms with Gasteiger partial charge in [-0.1, -0.05) is 6.07 Å². The molecule has 4 rings (SSSR count). The van der Waals surface area contributed by atoms with E-state index in [4.69, 9.17) is 9.47 Å². The van der Waals surface area contributed by atoms with Crippen LogP contribution in [-0.2, 0) is 17.9 Å². The molecule has 0 spiro atoms. The fraction of sp³-hybridized carbons (Fsp3) is 0.450. The molecule has 0 atom stereocenters. The predicted octanol–water partition coefficient (Wildman–Crippen LogP) is 1.59. The van der Waals surface area contributed by atoms with Gasteiger partial charge in [0.1, 0.15) is 6.54 Å². The molecule has 2 aliphatic heterocycles. The van der Waals surface area contributed by atoms with Crippen LogP contribution in [0.5, 0.6) is 11.5 Å². The first-order valence-corrected chi connectivity index (χ1v) is 9.59. The number of ether oxygens (including phenoxy) is 2. The molecule has 0 saturated carbocycles. The molecule has 2 aliphatic rings. The van der Waals surface area contributed by atoms with Crippen molar-refractivity contribution in [3.63, 3.8) is 0 Å². The molecule has 0 unspecified atom stereocenters. The van der Waals surface area contributed by atoms with Crippen LogP contribution in [0.2, 0.25) is 0 Å². The normalized spacial score (nSPS) is 15.5. The van der Waals surface area contributed by atoms with Crippen LogP contribution in [0.4, 0.5) is 5.95 Å². The molecule has 8 heteroatoms. The van der Waals surface area contributed by atoms with Crippen molar-refractivity contribution < 1.29 is 14.3 Å². The van der Waals surface area contributed by atoms with E-state index < -0.39 is 0 Å². The van der Waals surface area contributed by atoms with Gasteiger partial charge in [-0.15, -0.1) is 0 Å². The third-order valence-corrected chi connectivity index (χ3v) is 4.98. The molecule has 148 valence electrons. The molecule has 0 bridgehead atoms. The summed E-state index contributed by atoms with van der Waals surface area (Å²) in [5.74, 6) is 1.74. The summed E-state index contributed by atoms with van der Waals surface area (Å²) in [6, 6.07) is 7.03. The molecule has 1 fully saturated rings.